The average Bonchev–Trinajstić information content (AvgIpc) is 2.90. The van der Waals surface area contributed by atoms with Crippen molar-refractivity contribution in [3.05, 3.63) is 0 Å². The largest absolute Gasteiger partial charge is 0.481 e. The number of carboxylic acid groups (broad SMARTS) is 2. The molecule has 0 radical (unpaired) electrons. The molecule has 11 nitrogen and oxygen atoms in total. The predicted octanol–water partition coefficient (Wildman–Crippen LogP) is 2.23. The number of carbonyl (C=O) groups excluding carboxylic acids is 3. The number of aliphatic carboxylic acids is 2. The molecule has 5 fully saturated rings. The Bertz CT molecular complexity index is 960. The molecule has 4 N–H and O–H groups in total. The molecule has 5 aliphatic rings. The third kappa shape index (κ3) is 7.59. The Kier molecular flexibility index (Phi) is 10.3. The molecule has 0 aromatic heterocycles. The molecule has 0 unspecified atom stereocenters. The van der Waals surface area contributed by atoms with Crippen LogP contribution in [0.1, 0.15) is 90.9 Å². The third-order valence-electron chi connectivity index (χ3n) is 10.0. The van der Waals surface area contributed by atoms with Crippen molar-refractivity contribution in [3.63, 3.8) is 0 Å². The van der Waals surface area contributed by atoms with Crippen LogP contribution in [0.4, 0.5) is 0 Å². The highest BCUT2D eigenvalue weighted by molar-refractivity contribution is 5.94. The number of nitrogens with zero attached hydrogens (tertiary/aromatic N) is 2. The van der Waals surface area contributed by atoms with Crippen LogP contribution in [0.5, 0.6) is 0 Å². The molecule has 3 amide bonds. The highest BCUT2D eigenvalue weighted by Gasteiger charge is 2.57. The van der Waals surface area contributed by atoms with E-state index in [0.717, 1.165) is 58.0 Å². The van der Waals surface area contributed by atoms with Crippen LogP contribution in [0.3, 0.4) is 0 Å². The van der Waals surface area contributed by atoms with Crippen molar-refractivity contribution in [2.24, 2.45) is 23.7 Å². The first-order valence-corrected chi connectivity index (χ1v) is 15.6. The standard InChI is InChI=1S/C30H48N4O7/c1-3-33(26(36)6-4-5-20-7-9-31-10-8-20)18-25(35)32-24(14-27(37)38)28(39)34(19(2)29(40)41)30-15-21-11-22(16-30)13-23(12-21)17-30/h19-24,31H,3-18H2,1-2H3,(H,32,35)(H,37,38)(H,40,41)/t19-,21?,22?,23?,24-,30?/m0/s1. The van der Waals surface area contributed by atoms with Gasteiger partial charge in [0.2, 0.25) is 17.7 Å². The summed E-state index contributed by atoms with van der Waals surface area (Å²) in [6.45, 7) is 5.29. The minimum atomic E-state index is -1.41. The molecule has 41 heavy (non-hydrogen) atoms. The molecule has 0 aromatic carbocycles. The molecule has 4 bridgehead atoms. The van der Waals surface area contributed by atoms with Gasteiger partial charge in [-0.25, -0.2) is 4.79 Å². The van der Waals surface area contributed by atoms with Gasteiger partial charge in [0.05, 0.1) is 13.0 Å². The fraction of sp³-hybridized carbons (Fsp3) is 0.833. The zero-order chi connectivity index (χ0) is 29.7. The van der Waals surface area contributed by atoms with E-state index in [1.807, 2.05) is 0 Å². The van der Waals surface area contributed by atoms with Gasteiger partial charge >= 0.3 is 11.9 Å². The minimum absolute atomic E-state index is 0.146. The molecular weight excluding hydrogens is 528 g/mol. The SMILES string of the molecule is CCN(CC(=O)N[C@@H](CC(=O)O)C(=O)N([C@@H](C)C(=O)O)C12CC3CC(CC(C3)C1)C2)C(=O)CCCC1CCNCC1. The fourth-order valence-electron chi connectivity index (χ4n) is 8.51. The molecule has 2 atom stereocenters. The Hall–Kier alpha value is -2.69. The van der Waals surface area contributed by atoms with E-state index in [4.69, 9.17) is 0 Å². The normalized spacial score (nSPS) is 28.5. The molecule has 0 spiro atoms. The van der Waals surface area contributed by atoms with Crippen molar-refractivity contribution in [3.8, 4) is 0 Å². The van der Waals surface area contributed by atoms with Crippen LogP contribution in [0.2, 0.25) is 0 Å². The highest BCUT2D eigenvalue weighted by atomic mass is 16.4. The number of rotatable bonds is 14. The molecule has 230 valence electrons. The van der Waals surface area contributed by atoms with Gasteiger partial charge in [-0.2, -0.15) is 0 Å². The summed E-state index contributed by atoms with van der Waals surface area (Å²) in [5.74, 6) is -1.93. The van der Waals surface area contributed by atoms with Crippen LogP contribution in [0.25, 0.3) is 0 Å². The van der Waals surface area contributed by atoms with Crippen molar-refractivity contribution in [2.45, 2.75) is 109 Å². The van der Waals surface area contributed by atoms with Crippen LogP contribution < -0.4 is 10.6 Å². The van der Waals surface area contributed by atoms with Crippen LogP contribution in [-0.2, 0) is 24.0 Å². The molecule has 11 heteroatoms. The maximum Gasteiger partial charge on any atom is 0.326 e. The van der Waals surface area contributed by atoms with E-state index in [2.05, 4.69) is 10.6 Å². The summed E-state index contributed by atoms with van der Waals surface area (Å²) in [4.78, 5) is 66.9. The lowest BCUT2D eigenvalue weighted by Gasteiger charge is -2.61. The van der Waals surface area contributed by atoms with Crippen molar-refractivity contribution in [1.82, 2.24) is 20.4 Å². The van der Waals surface area contributed by atoms with Gasteiger partial charge < -0.3 is 30.6 Å². The zero-order valence-corrected chi connectivity index (χ0v) is 24.6. The summed E-state index contributed by atoms with van der Waals surface area (Å²) in [7, 11) is 0. The summed E-state index contributed by atoms with van der Waals surface area (Å²) in [5.41, 5.74) is -0.634. The molecule has 1 saturated heterocycles. The Labute approximate surface area is 242 Å². The van der Waals surface area contributed by atoms with Crippen LogP contribution in [-0.4, -0.2) is 93.5 Å². The molecular formula is C30H48N4O7. The number of carboxylic acids is 2. The second-order valence-corrected chi connectivity index (χ2v) is 13.1. The summed E-state index contributed by atoms with van der Waals surface area (Å²) >= 11 is 0. The number of hydrogen-bond acceptors (Lipinski definition) is 6. The zero-order valence-electron chi connectivity index (χ0n) is 24.6. The van der Waals surface area contributed by atoms with E-state index in [-0.39, 0.29) is 12.5 Å². The van der Waals surface area contributed by atoms with Crippen LogP contribution >= 0.6 is 0 Å². The van der Waals surface area contributed by atoms with Gasteiger partial charge in [-0.05, 0) is 115 Å². The molecule has 0 aromatic rings. The van der Waals surface area contributed by atoms with Gasteiger partial charge in [0.1, 0.15) is 12.1 Å². The number of amides is 3. The number of carbonyl (C=O) groups is 5. The topological polar surface area (TPSA) is 156 Å². The molecule has 4 aliphatic carbocycles. The van der Waals surface area contributed by atoms with Crippen molar-refractivity contribution < 1.29 is 34.2 Å². The van der Waals surface area contributed by atoms with Gasteiger partial charge in [0, 0.05) is 18.5 Å². The Balaban J connectivity index is 1.42. The molecule has 4 saturated carbocycles. The average molecular weight is 577 g/mol. The third-order valence-corrected chi connectivity index (χ3v) is 10.0. The fourth-order valence-corrected chi connectivity index (χ4v) is 8.51. The quantitative estimate of drug-likeness (QED) is 0.245. The van der Waals surface area contributed by atoms with Crippen molar-refractivity contribution in [1.29, 1.82) is 0 Å². The first-order valence-electron chi connectivity index (χ1n) is 15.6. The first kappa shape index (κ1) is 31.3. The summed E-state index contributed by atoms with van der Waals surface area (Å²) in [6, 6.07) is -2.57. The van der Waals surface area contributed by atoms with E-state index in [9.17, 15) is 34.2 Å². The monoisotopic (exact) mass is 576 g/mol. The van der Waals surface area contributed by atoms with E-state index in [1.54, 1.807) is 6.92 Å². The van der Waals surface area contributed by atoms with Gasteiger partial charge in [-0.15, -0.1) is 0 Å². The number of piperidine rings is 1. The predicted molar refractivity (Wildman–Crippen MR) is 151 cm³/mol. The molecule has 1 aliphatic heterocycles. The van der Waals surface area contributed by atoms with Gasteiger partial charge in [0.25, 0.3) is 0 Å². The van der Waals surface area contributed by atoms with Crippen molar-refractivity contribution in [2.75, 3.05) is 26.2 Å². The first-order chi connectivity index (χ1) is 19.5. The van der Waals surface area contributed by atoms with Gasteiger partial charge in [0.15, 0.2) is 0 Å². The van der Waals surface area contributed by atoms with E-state index < -0.39 is 47.8 Å². The minimum Gasteiger partial charge on any atom is -0.481 e. The second kappa shape index (κ2) is 13.5. The Morgan fingerprint density at radius 1 is 0.976 bits per heavy atom. The lowest BCUT2D eigenvalue weighted by Crippen LogP contribution is -2.67. The second-order valence-electron chi connectivity index (χ2n) is 13.1. The molecule has 1 heterocycles. The summed E-state index contributed by atoms with van der Waals surface area (Å²) in [5, 5.41) is 25.5. The highest BCUT2D eigenvalue weighted by Crippen LogP contribution is 2.58. The van der Waals surface area contributed by atoms with Crippen LogP contribution in [0, 0.1) is 23.7 Å². The smallest absolute Gasteiger partial charge is 0.326 e. The molecule has 5 rings (SSSR count). The Morgan fingerprint density at radius 3 is 2.07 bits per heavy atom. The maximum atomic E-state index is 14.1. The summed E-state index contributed by atoms with van der Waals surface area (Å²) < 4.78 is 0. The Morgan fingerprint density at radius 2 is 1.56 bits per heavy atom. The summed E-state index contributed by atoms with van der Waals surface area (Å²) in [6.07, 6.45) is 9.02. The number of nitrogens with one attached hydrogen (secondary N) is 2. The lowest BCUT2D eigenvalue weighted by molar-refractivity contribution is -0.170. The van der Waals surface area contributed by atoms with Gasteiger partial charge in [-0.3, -0.25) is 19.2 Å². The number of likely N-dealkylation sites (N-methyl/N-ethyl adjacent to an activating group) is 1. The van der Waals surface area contributed by atoms with E-state index in [0.29, 0.717) is 55.9 Å². The van der Waals surface area contributed by atoms with E-state index in [1.165, 1.54) is 16.7 Å². The van der Waals surface area contributed by atoms with Crippen LogP contribution in [0.15, 0.2) is 0 Å². The van der Waals surface area contributed by atoms with Crippen molar-refractivity contribution >= 4 is 29.7 Å². The lowest BCUT2D eigenvalue weighted by atomic mass is 9.52. The van der Waals surface area contributed by atoms with E-state index >= 15 is 0 Å². The maximum absolute atomic E-state index is 14.1. The number of hydrogen-bond donors (Lipinski definition) is 4. The van der Waals surface area contributed by atoms with Gasteiger partial charge in [-0.1, -0.05) is 0 Å².